The minimum atomic E-state index is -0.109. The minimum absolute atomic E-state index is 0.0639. The van der Waals surface area contributed by atoms with Crippen LogP contribution in [0.25, 0.3) is 0 Å². The van der Waals surface area contributed by atoms with Crippen LogP contribution in [0.1, 0.15) is 5.69 Å². The number of carbonyl (C=O) groups is 1. The first-order valence-corrected chi connectivity index (χ1v) is 5.39. The second-order valence-corrected chi connectivity index (χ2v) is 3.70. The first-order chi connectivity index (χ1) is 8.29. The minimum Gasteiger partial charge on any atom is -0.390 e. The number of aliphatic hydroxyl groups excluding tert-OH is 1. The molecule has 0 bridgehead atoms. The normalized spacial score (nSPS) is 10.2. The molecule has 88 valence electrons. The monoisotopic (exact) mass is 230 g/mol. The Balaban J connectivity index is 1.98. The van der Waals surface area contributed by atoms with E-state index in [0.29, 0.717) is 0 Å². The molecule has 2 rings (SSSR count). The standard InChI is InChI=1S/C13H14N2O2/c16-10-12-7-4-8-15(12)9-13(17)14-11-5-2-1-3-6-11/h1-8,16H,9-10H2,(H,14,17). The lowest BCUT2D eigenvalue weighted by Crippen LogP contribution is -2.19. The van der Waals surface area contributed by atoms with E-state index < -0.39 is 0 Å². The average Bonchev–Trinajstić information content (AvgIpc) is 2.77. The van der Waals surface area contributed by atoms with E-state index in [1.807, 2.05) is 30.3 Å². The van der Waals surface area contributed by atoms with Crippen molar-refractivity contribution in [2.75, 3.05) is 5.32 Å². The van der Waals surface area contributed by atoms with Gasteiger partial charge in [0, 0.05) is 17.6 Å². The number of nitrogens with zero attached hydrogens (tertiary/aromatic N) is 1. The second-order valence-electron chi connectivity index (χ2n) is 3.70. The highest BCUT2D eigenvalue weighted by Crippen LogP contribution is 2.06. The van der Waals surface area contributed by atoms with Crippen LogP contribution < -0.4 is 5.32 Å². The lowest BCUT2D eigenvalue weighted by atomic mass is 10.3. The molecule has 17 heavy (non-hydrogen) atoms. The van der Waals surface area contributed by atoms with Crippen molar-refractivity contribution >= 4 is 11.6 Å². The van der Waals surface area contributed by atoms with Crippen molar-refractivity contribution in [2.24, 2.45) is 0 Å². The lowest BCUT2D eigenvalue weighted by Gasteiger charge is -2.08. The summed E-state index contributed by atoms with van der Waals surface area (Å²) in [5, 5.41) is 11.8. The van der Waals surface area contributed by atoms with Crippen LogP contribution in [0.3, 0.4) is 0 Å². The number of carbonyl (C=O) groups excluding carboxylic acids is 1. The van der Waals surface area contributed by atoms with Gasteiger partial charge in [-0.05, 0) is 24.3 Å². The van der Waals surface area contributed by atoms with Crippen molar-refractivity contribution in [3.05, 3.63) is 54.4 Å². The molecule has 0 fully saturated rings. The molecular formula is C13H14N2O2. The maximum Gasteiger partial charge on any atom is 0.244 e. The molecule has 4 heteroatoms. The molecule has 0 atom stereocenters. The van der Waals surface area contributed by atoms with Crippen molar-refractivity contribution in [2.45, 2.75) is 13.2 Å². The fourth-order valence-corrected chi connectivity index (χ4v) is 1.62. The Hall–Kier alpha value is -2.07. The van der Waals surface area contributed by atoms with Gasteiger partial charge in [0.1, 0.15) is 6.54 Å². The number of hydrogen-bond donors (Lipinski definition) is 2. The van der Waals surface area contributed by atoms with Crippen LogP contribution in [0, 0.1) is 0 Å². The fourth-order valence-electron chi connectivity index (χ4n) is 1.62. The highest BCUT2D eigenvalue weighted by Gasteiger charge is 2.05. The lowest BCUT2D eigenvalue weighted by molar-refractivity contribution is -0.116. The van der Waals surface area contributed by atoms with Crippen LogP contribution in [-0.2, 0) is 17.9 Å². The number of aliphatic hydroxyl groups is 1. The summed E-state index contributed by atoms with van der Waals surface area (Å²) in [6.45, 7) is 0.142. The third-order valence-electron chi connectivity index (χ3n) is 2.46. The Morgan fingerprint density at radius 3 is 2.65 bits per heavy atom. The molecule has 0 aliphatic heterocycles. The van der Waals surface area contributed by atoms with Gasteiger partial charge in [-0.25, -0.2) is 0 Å². The maximum absolute atomic E-state index is 11.7. The molecule has 1 amide bonds. The summed E-state index contributed by atoms with van der Waals surface area (Å²) >= 11 is 0. The molecule has 0 aliphatic carbocycles. The highest BCUT2D eigenvalue weighted by molar-refractivity contribution is 5.90. The summed E-state index contributed by atoms with van der Waals surface area (Å²) in [7, 11) is 0. The number of amides is 1. The third-order valence-corrected chi connectivity index (χ3v) is 2.46. The smallest absolute Gasteiger partial charge is 0.244 e. The number of para-hydroxylation sites is 1. The Kier molecular flexibility index (Phi) is 3.57. The van der Waals surface area contributed by atoms with E-state index in [0.717, 1.165) is 11.4 Å². The number of anilines is 1. The molecular weight excluding hydrogens is 216 g/mol. The van der Waals surface area contributed by atoms with E-state index in [1.165, 1.54) is 0 Å². The zero-order valence-corrected chi connectivity index (χ0v) is 9.34. The van der Waals surface area contributed by atoms with Crippen LogP contribution in [0.2, 0.25) is 0 Å². The molecule has 2 N–H and O–H groups in total. The molecule has 4 nitrogen and oxygen atoms in total. The van der Waals surface area contributed by atoms with Crippen molar-refractivity contribution in [1.82, 2.24) is 4.57 Å². The Bertz CT molecular complexity index is 491. The molecule has 0 unspecified atom stereocenters. The van der Waals surface area contributed by atoms with Crippen LogP contribution >= 0.6 is 0 Å². The number of rotatable bonds is 4. The van der Waals surface area contributed by atoms with Gasteiger partial charge in [0.25, 0.3) is 0 Å². The quantitative estimate of drug-likeness (QED) is 0.838. The van der Waals surface area contributed by atoms with E-state index in [-0.39, 0.29) is 19.1 Å². The molecule has 0 saturated carbocycles. The van der Waals surface area contributed by atoms with Crippen molar-refractivity contribution < 1.29 is 9.90 Å². The van der Waals surface area contributed by atoms with Crippen molar-refractivity contribution in [1.29, 1.82) is 0 Å². The van der Waals surface area contributed by atoms with Crippen LogP contribution in [0.15, 0.2) is 48.7 Å². The summed E-state index contributed by atoms with van der Waals surface area (Å²) in [5.41, 5.74) is 1.50. The zero-order valence-electron chi connectivity index (χ0n) is 9.34. The number of nitrogens with one attached hydrogen (secondary N) is 1. The van der Waals surface area contributed by atoms with Crippen molar-refractivity contribution in [3.8, 4) is 0 Å². The molecule has 1 aromatic carbocycles. The predicted octanol–water partition coefficient (Wildman–Crippen LogP) is 1.62. The molecule has 1 aromatic heterocycles. The third kappa shape index (κ3) is 2.95. The molecule has 0 radical (unpaired) electrons. The summed E-state index contributed by atoms with van der Waals surface area (Å²) in [4.78, 5) is 11.7. The predicted molar refractivity (Wildman–Crippen MR) is 65.4 cm³/mol. The maximum atomic E-state index is 11.7. The van der Waals surface area contributed by atoms with Gasteiger partial charge in [0.2, 0.25) is 5.91 Å². The van der Waals surface area contributed by atoms with Crippen molar-refractivity contribution in [3.63, 3.8) is 0 Å². The number of aromatic nitrogens is 1. The topological polar surface area (TPSA) is 54.3 Å². The van der Waals surface area contributed by atoms with Gasteiger partial charge in [-0.15, -0.1) is 0 Å². The van der Waals surface area contributed by atoms with E-state index in [2.05, 4.69) is 5.32 Å². The summed E-state index contributed by atoms with van der Waals surface area (Å²) in [5.74, 6) is -0.109. The summed E-state index contributed by atoms with van der Waals surface area (Å²) in [6.07, 6.45) is 1.77. The fraction of sp³-hybridized carbons (Fsp3) is 0.154. The van der Waals surface area contributed by atoms with E-state index in [4.69, 9.17) is 5.11 Å². The van der Waals surface area contributed by atoms with Gasteiger partial charge in [0.15, 0.2) is 0 Å². The van der Waals surface area contributed by atoms with Gasteiger partial charge in [-0.2, -0.15) is 0 Å². The molecule has 0 aliphatic rings. The van der Waals surface area contributed by atoms with Crippen LogP contribution in [-0.4, -0.2) is 15.6 Å². The van der Waals surface area contributed by atoms with E-state index >= 15 is 0 Å². The highest BCUT2D eigenvalue weighted by atomic mass is 16.3. The van der Waals surface area contributed by atoms with E-state index in [1.54, 1.807) is 22.9 Å². The second kappa shape index (κ2) is 5.32. The van der Waals surface area contributed by atoms with Gasteiger partial charge in [0.05, 0.1) is 6.61 Å². The first-order valence-electron chi connectivity index (χ1n) is 5.39. The molecule has 0 spiro atoms. The SMILES string of the molecule is O=C(Cn1cccc1CO)Nc1ccccc1. The van der Waals surface area contributed by atoms with Crippen LogP contribution in [0.4, 0.5) is 5.69 Å². The average molecular weight is 230 g/mol. The largest absolute Gasteiger partial charge is 0.390 e. The van der Waals surface area contributed by atoms with Crippen LogP contribution in [0.5, 0.6) is 0 Å². The van der Waals surface area contributed by atoms with E-state index in [9.17, 15) is 4.79 Å². The van der Waals surface area contributed by atoms with Gasteiger partial charge >= 0.3 is 0 Å². The van der Waals surface area contributed by atoms with Gasteiger partial charge in [-0.3, -0.25) is 4.79 Å². The molecule has 2 aromatic rings. The van der Waals surface area contributed by atoms with Gasteiger partial charge in [-0.1, -0.05) is 18.2 Å². The first kappa shape index (κ1) is 11.4. The summed E-state index contributed by atoms with van der Waals surface area (Å²) < 4.78 is 1.72. The molecule has 1 heterocycles. The Labute approximate surface area is 99.5 Å². The zero-order chi connectivity index (χ0) is 12.1. The summed E-state index contributed by atoms with van der Waals surface area (Å²) in [6, 6.07) is 12.9. The number of hydrogen-bond acceptors (Lipinski definition) is 2. The Morgan fingerprint density at radius 2 is 1.94 bits per heavy atom. The van der Waals surface area contributed by atoms with Gasteiger partial charge < -0.3 is 15.0 Å². The molecule has 0 saturated heterocycles. The number of benzene rings is 1. The Morgan fingerprint density at radius 1 is 1.18 bits per heavy atom.